The van der Waals surface area contributed by atoms with E-state index in [0.717, 1.165) is 37.8 Å². The second-order valence-electron chi connectivity index (χ2n) is 5.91. The summed E-state index contributed by atoms with van der Waals surface area (Å²) in [6.07, 6.45) is -2.80. The first-order valence-electron chi connectivity index (χ1n) is 8.25. The van der Waals surface area contributed by atoms with E-state index in [9.17, 15) is 18.0 Å². The lowest BCUT2D eigenvalue weighted by Gasteiger charge is -2.20. The standard InChI is InChI=1S/C18H18F3N3O2.2ClH/c19-18(20,21)14-4-7-16(23-12-14)26-15-5-2-13(3-6-15)17(25)24-10-1-8-22-9-11-24;;/h2-7,12,22H,1,8-11H2;2*1H. The molecule has 154 valence electrons. The number of hydrogen-bond acceptors (Lipinski definition) is 4. The molecule has 1 amide bonds. The van der Waals surface area contributed by atoms with E-state index in [-0.39, 0.29) is 36.6 Å². The van der Waals surface area contributed by atoms with E-state index < -0.39 is 11.7 Å². The van der Waals surface area contributed by atoms with Gasteiger partial charge in [-0.3, -0.25) is 4.79 Å². The summed E-state index contributed by atoms with van der Waals surface area (Å²) in [4.78, 5) is 17.9. The highest BCUT2D eigenvalue weighted by Crippen LogP contribution is 2.30. The summed E-state index contributed by atoms with van der Waals surface area (Å²) in [6, 6.07) is 8.55. The Bertz CT molecular complexity index is 748. The highest BCUT2D eigenvalue weighted by atomic mass is 35.5. The highest BCUT2D eigenvalue weighted by molar-refractivity contribution is 5.94. The number of ether oxygens (including phenoxy) is 1. The van der Waals surface area contributed by atoms with Gasteiger partial charge in [-0.25, -0.2) is 4.98 Å². The van der Waals surface area contributed by atoms with E-state index in [1.165, 1.54) is 0 Å². The summed E-state index contributed by atoms with van der Waals surface area (Å²) in [5.41, 5.74) is -0.294. The summed E-state index contributed by atoms with van der Waals surface area (Å²) < 4.78 is 43.0. The molecule has 10 heteroatoms. The van der Waals surface area contributed by atoms with Crippen LogP contribution in [0.4, 0.5) is 13.2 Å². The Morgan fingerprint density at radius 3 is 2.36 bits per heavy atom. The van der Waals surface area contributed by atoms with Gasteiger partial charge in [0, 0.05) is 37.5 Å². The molecule has 0 atom stereocenters. The first kappa shape index (κ1) is 24.0. The maximum atomic E-state index is 12.5. The van der Waals surface area contributed by atoms with Gasteiger partial charge in [0.15, 0.2) is 0 Å². The Hall–Kier alpha value is -2.03. The molecule has 2 heterocycles. The van der Waals surface area contributed by atoms with Crippen molar-refractivity contribution in [1.29, 1.82) is 0 Å². The third-order valence-electron chi connectivity index (χ3n) is 4.01. The predicted octanol–water partition coefficient (Wildman–Crippen LogP) is 4.17. The zero-order chi connectivity index (χ0) is 18.6. The molecule has 5 nitrogen and oxygen atoms in total. The number of pyridine rings is 1. The average Bonchev–Trinajstić information content (AvgIpc) is 2.91. The van der Waals surface area contributed by atoms with Crippen LogP contribution in [0, 0.1) is 0 Å². The zero-order valence-corrected chi connectivity index (χ0v) is 16.4. The van der Waals surface area contributed by atoms with Crippen LogP contribution in [-0.2, 0) is 6.18 Å². The number of nitrogens with one attached hydrogen (secondary N) is 1. The quantitative estimate of drug-likeness (QED) is 0.782. The number of alkyl halides is 3. The Kier molecular flexibility index (Phi) is 9.00. The van der Waals surface area contributed by atoms with Crippen molar-refractivity contribution in [2.75, 3.05) is 26.2 Å². The molecule has 0 spiro atoms. The van der Waals surface area contributed by atoms with E-state index in [4.69, 9.17) is 4.74 Å². The summed E-state index contributed by atoms with van der Waals surface area (Å²) in [7, 11) is 0. The molecule has 0 unspecified atom stereocenters. The van der Waals surface area contributed by atoms with Crippen molar-refractivity contribution < 1.29 is 22.7 Å². The van der Waals surface area contributed by atoms with Crippen molar-refractivity contribution in [2.45, 2.75) is 12.6 Å². The topological polar surface area (TPSA) is 54.5 Å². The molecule has 0 radical (unpaired) electrons. The van der Waals surface area contributed by atoms with Crippen molar-refractivity contribution in [2.24, 2.45) is 0 Å². The van der Waals surface area contributed by atoms with Crippen molar-refractivity contribution >= 4 is 30.7 Å². The number of carbonyl (C=O) groups excluding carboxylic acids is 1. The van der Waals surface area contributed by atoms with Crippen LogP contribution in [0.2, 0.25) is 0 Å². The van der Waals surface area contributed by atoms with Crippen molar-refractivity contribution in [3.05, 3.63) is 53.7 Å². The van der Waals surface area contributed by atoms with Crippen LogP contribution in [0.15, 0.2) is 42.6 Å². The van der Waals surface area contributed by atoms with Gasteiger partial charge in [-0.15, -0.1) is 24.8 Å². The van der Waals surface area contributed by atoms with Crippen molar-refractivity contribution in [3.8, 4) is 11.6 Å². The second-order valence-corrected chi connectivity index (χ2v) is 5.91. The summed E-state index contributed by atoms with van der Waals surface area (Å²) >= 11 is 0. The molecule has 1 aliphatic rings. The monoisotopic (exact) mass is 437 g/mol. The van der Waals surface area contributed by atoms with Crippen LogP contribution < -0.4 is 10.1 Å². The van der Waals surface area contributed by atoms with Gasteiger partial charge in [0.05, 0.1) is 5.56 Å². The average molecular weight is 438 g/mol. The molecular formula is C18H20Cl2F3N3O2. The van der Waals surface area contributed by atoms with Gasteiger partial charge in [0.1, 0.15) is 5.75 Å². The Balaban J connectivity index is 0.00000196. The Morgan fingerprint density at radius 1 is 1.04 bits per heavy atom. The molecule has 2 aromatic rings. The molecule has 1 N–H and O–H groups in total. The molecule has 1 saturated heterocycles. The van der Waals surface area contributed by atoms with E-state index in [0.29, 0.717) is 24.4 Å². The molecule has 1 aromatic heterocycles. The molecule has 0 aliphatic carbocycles. The van der Waals surface area contributed by atoms with Gasteiger partial charge in [-0.1, -0.05) is 0 Å². The molecule has 3 rings (SSSR count). The van der Waals surface area contributed by atoms with Gasteiger partial charge in [-0.2, -0.15) is 13.2 Å². The van der Waals surface area contributed by atoms with E-state index in [2.05, 4.69) is 10.3 Å². The first-order valence-corrected chi connectivity index (χ1v) is 8.25. The van der Waals surface area contributed by atoms with Crippen LogP contribution in [0.5, 0.6) is 11.6 Å². The fourth-order valence-electron chi connectivity index (χ4n) is 2.63. The Labute approximate surface area is 173 Å². The number of nitrogens with zero attached hydrogens (tertiary/aromatic N) is 2. The van der Waals surface area contributed by atoms with Gasteiger partial charge in [0.2, 0.25) is 5.88 Å². The molecule has 1 fully saturated rings. The van der Waals surface area contributed by atoms with Gasteiger partial charge in [0.25, 0.3) is 5.91 Å². The number of aromatic nitrogens is 1. The predicted molar refractivity (Wildman–Crippen MR) is 104 cm³/mol. The molecular weight excluding hydrogens is 418 g/mol. The molecule has 0 bridgehead atoms. The third-order valence-corrected chi connectivity index (χ3v) is 4.01. The molecule has 1 aliphatic heterocycles. The molecule has 0 saturated carbocycles. The van der Waals surface area contributed by atoms with Gasteiger partial charge in [-0.05, 0) is 43.3 Å². The molecule has 28 heavy (non-hydrogen) atoms. The van der Waals surface area contributed by atoms with E-state index >= 15 is 0 Å². The van der Waals surface area contributed by atoms with Crippen LogP contribution in [0.3, 0.4) is 0 Å². The number of carbonyl (C=O) groups is 1. The second kappa shape index (κ2) is 10.5. The first-order chi connectivity index (χ1) is 12.4. The van der Waals surface area contributed by atoms with Crippen LogP contribution in [-0.4, -0.2) is 42.0 Å². The van der Waals surface area contributed by atoms with Gasteiger partial charge < -0.3 is 15.0 Å². The summed E-state index contributed by atoms with van der Waals surface area (Å²) in [5.74, 6) is 0.398. The number of halogens is 5. The number of benzene rings is 1. The Morgan fingerprint density at radius 2 is 1.75 bits per heavy atom. The number of hydrogen-bond donors (Lipinski definition) is 1. The van der Waals surface area contributed by atoms with Crippen molar-refractivity contribution in [1.82, 2.24) is 15.2 Å². The van der Waals surface area contributed by atoms with E-state index in [1.54, 1.807) is 29.2 Å². The summed E-state index contributed by atoms with van der Waals surface area (Å²) in [6.45, 7) is 3.04. The minimum atomic E-state index is -4.43. The SMILES string of the molecule is Cl.Cl.O=C(c1ccc(Oc2ccc(C(F)(F)F)cn2)cc1)N1CCCNCC1. The smallest absolute Gasteiger partial charge is 0.417 e. The van der Waals surface area contributed by atoms with Crippen molar-refractivity contribution in [3.63, 3.8) is 0 Å². The number of rotatable bonds is 3. The minimum Gasteiger partial charge on any atom is -0.439 e. The van der Waals surface area contributed by atoms with Gasteiger partial charge >= 0.3 is 6.18 Å². The molecule has 1 aromatic carbocycles. The lowest BCUT2D eigenvalue weighted by molar-refractivity contribution is -0.137. The normalized spacial score (nSPS) is 14.3. The lowest BCUT2D eigenvalue weighted by Crippen LogP contribution is -2.34. The fraction of sp³-hybridized carbons (Fsp3) is 0.333. The zero-order valence-electron chi connectivity index (χ0n) is 14.7. The minimum absolute atomic E-state index is 0. The third kappa shape index (κ3) is 6.25. The highest BCUT2D eigenvalue weighted by Gasteiger charge is 2.30. The van der Waals surface area contributed by atoms with Crippen LogP contribution in [0.25, 0.3) is 0 Å². The number of amides is 1. The maximum Gasteiger partial charge on any atom is 0.417 e. The van der Waals surface area contributed by atoms with Crippen LogP contribution >= 0.6 is 24.8 Å². The lowest BCUT2D eigenvalue weighted by atomic mass is 10.2. The summed E-state index contributed by atoms with van der Waals surface area (Å²) in [5, 5.41) is 3.24. The largest absolute Gasteiger partial charge is 0.439 e. The van der Waals surface area contributed by atoms with E-state index in [1.807, 2.05) is 0 Å². The van der Waals surface area contributed by atoms with Crippen LogP contribution in [0.1, 0.15) is 22.3 Å². The fourth-order valence-corrected chi connectivity index (χ4v) is 2.63. The maximum absolute atomic E-state index is 12.5.